The van der Waals surface area contributed by atoms with Gasteiger partial charge in [-0.3, -0.25) is 14.4 Å². The largest absolute Gasteiger partial charge is 0.350 e. The van der Waals surface area contributed by atoms with Gasteiger partial charge in [-0.15, -0.1) is 0 Å². The van der Waals surface area contributed by atoms with Gasteiger partial charge in [-0.2, -0.15) is 0 Å². The second kappa shape index (κ2) is 8.75. The highest BCUT2D eigenvalue weighted by Crippen LogP contribution is 2.10. The van der Waals surface area contributed by atoms with Gasteiger partial charge in [-0.25, -0.2) is 4.39 Å². The minimum atomic E-state index is -0.440. The van der Waals surface area contributed by atoms with Crippen LogP contribution in [0.2, 0.25) is 0 Å². The van der Waals surface area contributed by atoms with Crippen LogP contribution in [-0.2, 0) is 4.79 Å². The van der Waals surface area contributed by atoms with Gasteiger partial charge in [0, 0.05) is 36.8 Å². The predicted molar refractivity (Wildman–Crippen MR) is 96.5 cm³/mol. The number of nitrogens with one attached hydrogen (secondary N) is 3. The third kappa shape index (κ3) is 5.41. The Labute approximate surface area is 150 Å². The van der Waals surface area contributed by atoms with E-state index in [9.17, 15) is 18.8 Å². The molecule has 0 radical (unpaired) electrons. The van der Waals surface area contributed by atoms with Crippen LogP contribution in [-0.4, -0.2) is 30.8 Å². The number of hydrogen-bond donors (Lipinski definition) is 3. The smallest absolute Gasteiger partial charge is 0.251 e. The Morgan fingerprint density at radius 1 is 0.923 bits per heavy atom. The zero-order valence-corrected chi connectivity index (χ0v) is 14.6. The number of halogens is 1. The Morgan fingerprint density at radius 3 is 2.12 bits per heavy atom. The first-order valence-corrected chi connectivity index (χ1v) is 8.07. The molecule has 0 saturated heterocycles. The molecule has 2 aromatic rings. The second-order valence-electron chi connectivity index (χ2n) is 5.74. The number of carbonyl (C=O) groups is 3. The van der Waals surface area contributed by atoms with E-state index in [0.29, 0.717) is 16.8 Å². The molecule has 0 bridgehead atoms. The van der Waals surface area contributed by atoms with E-state index in [0.717, 1.165) is 0 Å². The van der Waals surface area contributed by atoms with Gasteiger partial charge in [0.15, 0.2) is 0 Å². The molecule has 0 aromatic heterocycles. The minimum Gasteiger partial charge on any atom is -0.350 e. The Morgan fingerprint density at radius 2 is 1.54 bits per heavy atom. The first-order valence-electron chi connectivity index (χ1n) is 8.07. The van der Waals surface area contributed by atoms with Gasteiger partial charge in [0.25, 0.3) is 11.8 Å². The molecule has 0 aliphatic rings. The van der Waals surface area contributed by atoms with E-state index in [4.69, 9.17) is 0 Å². The molecule has 2 aromatic carbocycles. The first-order chi connectivity index (χ1) is 12.4. The predicted octanol–water partition coefficient (Wildman–Crippen LogP) is 2.25. The highest BCUT2D eigenvalue weighted by Gasteiger charge is 2.09. The van der Waals surface area contributed by atoms with Crippen LogP contribution >= 0.6 is 0 Å². The molecule has 3 amide bonds. The van der Waals surface area contributed by atoms with Gasteiger partial charge in [-0.1, -0.05) is 12.1 Å². The van der Waals surface area contributed by atoms with E-state index >= 15 is 0 Å². The van der Waals surface area contributed by atoms with Crippen LogP contribution < -0.4 is 16.0 Å². The number of hydrogen-bond acceptors (Lipinski definition) is 3. The molecule has 0 spiro atoms. The summed E-state index contributed by atoms with van der Waals surface area (Å²) in [6, 6.07) is 10.8. The van der Waals surface area contributed by atoms with Crippen molar-refractivity contribution in [2.45, 2.75) is 13.8 Å². The SMILES string of the molecule is CC(=O)Nc1cccc(C(=O)NCCNC(=O)c2ccc(C)c(F)c2)c1. The Kier molecular flexibility index (Phi) is 6.43. The average Bonchev–Trinajstić information content (AvgIpc) is 2.60. The van der Waals surface area contributed by atoms with Crippen molar-refractivity contribution >= 4 is 23.4 Å². The van der Waals surface area contributed by atoms with Crippen molar-refractivity contribution in [2.24, 2.45) is 0 Å². The summed E-state index contributed by atoms with van der Waals surface area (Å²) < 4.78 is 13.5. The summed E-state index contributed by atoms with van der Waals surface area (Å²) in [6.07, 6.45) is 0. The fraction of sp³-hybridized carbons (Fsp3) is 0.211. The molecule has 0 fully saturated rings. The third-order valence-electron chi connectivity index (χ3n) is 3.58. The van der Waals surface area contributed by atoms with Crippen LogP contribution in [0.3, 0.4) is 0 Å². The van der Waals surface area contributed by atoms with Crippen LogP contribution in [0.25, 0.3) is 0 Å². The number of carbonyl (C=O) groups excluding carboxylic acids is 3. The molecular formula is C19H20FN3O3. The second-order valence-corrected chi connectivity index (χ2v) is 5.74. The lowest BCUT2D eigenvalue weighted by atomic mass is 10.1. The summed E-state index contributed by atoms with van der Waals surface area (Å²) in [5.74, 6) is -1.40. The van der Waals surface area contributed by atoms with Crippen molar-refractivity contribution in [3.63, 3.8) is 0 Å². The van der Waals surface area contributed by atoms with E-state index in [1.165, 1.54) is 19.1 Å². The summed E-state index contributed by atoms with van der Waals surface area (Å²) in [5.41, 5.74) is 1.61. The number of rotatable bonds is 6. The van der Waals surface area contributed by atoms with Crippen molar-refractivity contribution in [2.75, 3.05) is 18.4 Å². The molecule has 2 rings (SSSR count). The highest BCUT2D eigenvalue weighted by atomic mass is 19.1. The zero-order chi connectivity index (χ0) is 19.1. The number of amides is 3. The molecule has 7 heteroatoms. The van der Waals surface area contributed by atoms with Gasteiger partial charge in [0.1, 0.15) is 5.82 Å². The summed E-state index contributed by atoms with van der Waals surface area (Å²) in [7, 11) is 0. The Balaban J connectivity index is 1.82. The maximum absolute atomic E-state index is 13.5. The molecule has 0 heterocycles. The molecule has 136 valence electrons. The average molecular weight is 357 g/mol. The summed E-state index contributed by atoms with van der Waals surface area (Å²) in [5, 5.41) is 7.88. The molecule has 0 saturated carbocycles. The van der Waals surface area contributed by atoms with E-state index < -0.39 is 11.7 Å². The van der Waals surface area contributed by atoms with Gasteiger partial charge in [-0.05, 0) is 42.8 Å². The monoisotopic (exact) mass is 357 g/mol. The molecule has 0 aliphatic carbocycles. The van der Waals surface area contributed by atoms with Gasteiger partial charge < -0.3 is 16.0 Å². The summed E-state index contributed by atoms with van der Waals surface area (Å²) >= 11 is 0. The quantitative estimate of drug-likeness (QED) is 0.693. The van der Waals surface area contributed by atoms with Crippen LogP contribution in [0.15, 0.2) is 42.5 Å². The summed E-state index contributed by atoms with van der Waals surface area (Å²) in [6.45, 7) is 3.41. The topological polar surface area (TPSA) is 87.3 Å². The maximum Gasteiger partial charge on any atom is 0.251 e. The van der Waals surface area contributed by atoms with E-state index in [-0.39, 0.29) is 30.5 Å². The fourth-order valence-corrected chi connectivity index (χ4v) is 2.23. The van der Waals surface area contributed by atoms with Crippen LogP contribution in [0.5, 0.6) is 0 Å². The minimum absolute atomic E-state index is 0.200. The van der Waals surface area contributed by atoms with Crippen molar-refractivity contribution in [1.82, 2.24) is 10.6 Å². The first kappa shape index (κ1) is 19.1. The molecule has 0 unspecified atom stereocenters. The molecule has 3 N–H and O–H groups in total. The van der Waals surface area contributed by atoms with Gasteiger partial charge in [0.2, 0.25) is 5.91 Å². The molecule has 0 atom stereocenters. The van der Waals surface area contributed by atoms with Crippen molar-refractivity contribution < 1.29 is 18.8 Å². The Hall–Kier alpha value is -3.22. The maximum atomic E-state index is 13.5. The van der Waals surface area contributed by atoms with Crippen molar-refractivity contribution in [3.8, 4) is 0 Å². The normalized spacial score (nSPS) is 10.1. The third-order valence-corrected chi connectivity index (χ3v) is 3.58. The lowest BCUT2D eigenvalue weighted by Gasteiger charge is -2.09. The van der Waals surface area contributed by atoms with Crippen LogP contribution in [0.1, 0.15) is 33.2 Å². The zero-order valence-electron chi connectivity index (χ0n) is 14.6. The van der Waals surface area contributed by atoms with Gasteiger partial charge in [0.05, 0.1) is 0 Å². The van der Waals surface area contributed by atoms with Gasteiger partial charge >= 0.3 is 0 Å². The van der Waals surface area contributed by atoms with Crippen LogP contribution in [0.4, 0.5) is 10.1 Å². The van der Waals surface area contributed by atoms with Crippen LogP contribution in [0, 0.1) is 12.7 Å². The number of benzene rings is 2. The van der Waals surface area contributed by atoms with E-state index in [1.807, 2.05) is 0 Å². The lowest BCUT2D eigenvalue weighted by Crippen LogP contribution is -2.34. The lowest BCUT2D eigenvalue weighted by molar-refractivity contribution is -0.114. The number of anilines is 1. The van der Waals surface area contributed by atoms with Crippen molar-refractivity contribution in [3.05, 3.63) is 65.0 Å². The molecule has 0 aliphatic heterocycles. The number of aryl methyl sites for hydroxylation is 1. The van der Waals surface area contributed by atoms with E-state index in [2.05, 4.69) is 16.0 Å². The molecule has 26 heavy (non-hydrogen) atoms. The Bertz CT molecular complexity index is 837. The fourth-order valence-electron chi connectivity index (χ4n) is 2.23. The highest BCUT2D eigenvalue weighted by molar-refractivity contribution is 5.97. The summed E-state index contributed by atoms with van der Waals surface area (Å²) in [4.78, 5) is 35.1. The molecule has 6 nitrogen and oxygen atoms in total. The molecular weight excluding hydrogens is 337 g/mol. The van der Waals surface area contributed by atoms with E-state index in [1.54, 1.807) is 37.3 Å². The van der Waals surface area contributed by atoms with Crippen molar-refractivity contribution in [1.29, 1.82) is 0 Å². The standard InChI is InChI=1S/C19H20FN3O3/c1-12-6-7-15(11-17(12)20)19(26)22-9-8-21-18(25)14-4-3-5-16(10-14)23-13(2)24/h3-7,10-11H,8-9H2,1-2H3,(H,21,25)(H,22,26)(H,23,24).